The molecule has 5 aliphatic rings. The molecule has 0 saturated heterocycles. The summed E-state index contributed by atoms with van der Waals surface area (Å²) in [5, 5.41) is 0. The van der Waals surface area contributed by atoms with Crippen LogP contribution in [0.1, 0.15) is 151 Å². The monoisotopic (exact) mass is 1190 g/mol. The van der Waals surface area contributed by atoms with E-state index in [-0.39, 0.29) is 28.5 Å². The third-order valence-electron chi connectivity index (χ3n) is 18.0. The number of aromatic amines is 4. The summed E-state index contributed by atoms with van der Waals surface area (Å²) in [6, 6.07) is 52.1. The van der Waals surface area contributed by atoms with Gasteiger partial charge in [-0.15, -0.1) is 0 Å². The van der Waals surface area contributed by atoms with Crippen LogP contribution in [0.3, 0.4) is 0 Å². The molecule has 6 aromatic heterocycles. The molecule has 0 spiro atoms. The summed E-state index contributed by atoms with van der Waals surface area (Å²) in [5.74, 6) is 1.30. The zero-order valence-electron chi connectivity index (χ0n) is 53.8. The van der Waals surface area contributed by atoms with Crippen LogP contribution >= 0.6 is 0 Å². The molecule has 10 aromatic rings. The largest absolute Gasteiger partial charge is 0.457 e. The summed E-state index contributed by atoms with van der Waals surface area (Å²) in [5.41, 5.74) is 27.4. The molecule has 10 heteroatoms. The summed E-state index contributed by atoms with van der Waals surface area (Å²) in [4.78, 5) is 38.4. The van der Waals surface area contributed by atoms with Crippen molar-refractivity contribution in [1.29, 1.82) is 0 Å². The number of rotatable bonds is 2. The Bertz CT molecular complexity index is 5050. The molecule has 0 saturated carbocycles. The summed E-state index contributed by atoms with van der Waals surface area (Å²) < 4.78 is 12.9. The van der Waals surface area contributed by atoms with E-state index in [4.69, 9.17) is 29.4 Å². The molecular formula is C81H74N8O2. The van der Waals surface area contributed by atoms with Crippen molar-refractivity contribution in [3.05, 3.63) is 213 Å². The molecule has 91 heavy (non-hydrogen) atoms. The standard InChI is InChI=1S/C81H74N8O2/c1-78(2,3)50-35-48(36-51(41-50)79(4,5)6)74-62-25-21-56(84-62)43-54-19-23-60(82-54)72-46-15-13-17-58(39-46)90-45-91-59-18-14-16-47(40-59)73-61-24-20-55(83-61)44-57-22-26-63(85-57)75(49-37-52(80(7,8)9)42-53(38-49)81(10,11)12)67-30-34-71(89-67)77(69-32-28-65(73)87-69)76(68-31-27-64(72)86-68)70-33-29-66(74)88-70/h13-44,82,85,87-88H,45H2,1-12H3. The average molecular weight is 1190 g/mol. The molecule has 10 nitrogen and oxygen atoms in total. The molecule has 4 N–H and O–H groups in total. The molecular weight excluding hydrogens is 1120 g/mol. The fraction of sp³-hybridized carbons (Fsp3) is 0.210. The molecule has 5 aliphatic heterocycles. The van der Waals surface area contributed by atoms with E-state index < -0.39 is 0 Å². The maximum Gasteiger partial charge on any atom is 0.230 e. The topological polar surface area (TPSA) is 133 Å². The summed E-state index contributed by atoms with van der Waals surface area (Å²) in [6.45, 7) is 27.5. The zero-order valence-corrected chi connectivity index (χ0v) is 53.8. The van der Waals surface area contributed by atoms with Crippen LogP contribution in [0.4, 0.5) is 0 Å². The normalized spacial score (nSPS) is 13.7. The molecule has 0 aliphatic carbocycles. The van der Waals surface area contributed by atoms with E-state index in [1.54, 1.807) is 0 Å². The highest BCUT2D eigenvalue weighted by atomic mass is 16.7. The molecule has 0 unspecified atom stereocenters. The van der Waals surface area contributed by atoms with Gasteiger partial charge in [-0.2, -0.15) is 0 Å². The van der Waals surface area contributed by atoms with Crippen molar-refractivity contribution in [2.24, 2.45) is 0 Å². The fourth-order valence-corrected chi connectivity index (χ4v) is 12.9. The van der Waals surface area contributed by atoms with E-state index in [0.29, 0.717) is 11.5 Å². The highest BCUT2D eigenvalue weighted by molar-refractivity contribution is 6.05. The average Bonchev–Trinajstić information content (AvgIpc) is 1.67. The second-order valence-electron chi connectivity index (χ2n) is 28.8. The minimum atomic E-state index is -0.138. The SMILES string of the molecule is CC(C)(C)c1cc(-c2c3nc(c4c5ccc([nH]5)c(c5nc(cc6ccc2[nH]6)C=C5)-c2cccc(c2)OCOc2cccc(c2)-c2c5nc(c-4c4ccc([nH]4)c(-c4cc(C(C)(C)C)cc(C(C)(C)C)c4)c4nc(cc6ccc2[nH]6)C=C4)C=C5)C=C3)cc(C(C)(C)C)c1. The summed E-state index contributed by atoms with van der Waals surface area (Å²) in [6.07, 6.45) is 17.1. The molecule has 0 radical (unpaired) electrons. The molecule has 4 aromatic carbocycles. The van der Waals surface area contributed by atoms with Crippen LogP contribution in [0.5, 0.6) is 11.5 Å². The van der Waals surface area contributed by atoms with Crippen molar-refractivity contribution >= 4 is 92.7 Å². The molecule has 450 valence electrons. The Morgan fingerprint density at radius 1 is 0.286 bits per heavy atom. The molecule has 24 bridgehead atoms. The summed E-state index contributed by atoms with van der Waals surface area (Å²) >= 11 is 0. The van der Waals surface area contributed by atoms with Crippen LogP contribution in [-0.4, -0.2) is 46.7 Å². The summed E-state index contributed by atoms with van der Waals surface area (Å²) in [7, 11) is 0. The van der Waals surface area contributed by atoms with Crippen LogP contribution in [0.25, 0.3) is 148 Å². The van der Waals surface area contributed by atoms with Gasteiger partial charge in [0.05, 0.1) is 45.6 Å². The van der Waals surface area contributed by atoms with Gasteiger partial charge in [0.1, 0.15) is 11.5 Å². The van der Waals surface area contributed by atoms with Gasteiger partial charge in [-0.1, -0.05) is 144 Å². The number of nitrogens with one attached hydrogen (secondary N) is 4. The van der Waals surface area contributed by atoms with Gasteiger partial charge < -0.3 is 29.4 Å². The van der Waals surface area contributed by atoms with Crippen molar-refractivity contribution in [2.45, 2.75) is 105 Å². The van der Waals surface area contributed by atoms with Gasteiger partial charge >= 0.3 is 0 Å². The maximum absolute atomic E-state index is 6.47. The van der Waals surface area contributed by atoms with Crippen LogP contribution in [0.2, 0.25) is 0 Å². The third kappa shape index (κ3) is 10.7. The van der Waals surface area contributed by atoms with Crippen molar-refractivity contribution in [3.8, 4) is 67.1 Å². The highest BCUT2D eigenvalue weighted by Crippen LogP contribution is 2.45. The van der Waals surface area contributed by atoms with E-state index >= 15 is 0 Å². The molecule has 15 rings (SSSR count). The second kappa shape index (κ2) is 21.2. The highest BCUT2D eigenvalue weighted by Gasteiger charge is 2.28. The Balaban J connectivity index is 1.15. The van der Waals surface area contributed by atoms with Gasteiger partial charge in [0, 0.05) is 77.5 Å². The maximum atomic E-state index is 6.47. The zero-order chi connectivity index (χ0) is 62.9. The first-order chi connectivity index (χ1) is 43.5. The van der Waals surface area contributed by atoms with Crippen LogP contribution in [0, 0.1) is 0 Å². The van der Waals surface area contributed by atoms with Crippen LogP contribution in [0.15, 0.2) is 146 Å². The fourth-order valence-electron chi connectivity index (χ4n) is 12.9. The van der Waals surface area contributed by atoms with Crippen LogP contribution < -0.4 is 9.47 Å². The van der Waals surface area contributed by atoms with Gasteiger partial charge in [-0.25, -0.2) is 19.9 Å². The van der Waals surface area contributed by atoms with E-state index in [9.17, 15) is 0 Å². The number of aromatic nitrogens is 8. The van der Waals surface area contributed by atoms with Gasteiger partial charge in [0.25, 0.3) is 0 Å². The predicted octanol–water partition coefficient (Wildman–Crippen LogP) is 20.9. The smallest absolute Gasteiger partial charge is 0.230 e. The Kier molecular flexibility index (Phi) is 13.3. The minimum Gasteiger partial charge on any atom is -0.457 e. The first-order valence-electron chi connectivity index (χ1n) is 31.6. The van der Waals surface area contributed by atoms with Gasteiger partial charge in [-0.3, -0.25) is 0 Å². The first-order valence-corrected chi connectivity index (χ1v) is 31.6. The van der Waals surface area contributed by atoms with E-state index in [0.717, 1.165) is 145 Å². The first kappa shape index (κ1) is 57.1. The minimum absolute atomic E-state index is 0.0215. The van der Waals surface area contributed by atoms with Crippen molar-refractivity contribution in [3.63, 3.8) is 0 Å². The quantitative estimate of drug-likeness (QED) is 0.136. The molecule has 0 atom stereocenters. The number of hydrogen-bond donors (Lipinski definition) is 4. The van der Waals surface area contributed by atoms with E-state index in [2.05, 4.69) is 273 Å². The number of fused-ring (bicyclic) bond motifs is 23. The van der Waals surface area contributed by atoms with Gasteiger partial charge in [-0.05, 0) is 200 Å². The molecule has 11 heterocycles. The third-order valence-corrected chi connectivity index (χ3v) is 18.0. The van der Waals surface area contributed by atoms with Crippen molar-refractivity contribution < 1.29 is 9.47 Å². The lowest BCUT2D eigenvalue weighted by molar-refractivity contribution is 0.120. The number of H-pyrrole nitrogens is 4. The Morgan fingerprint density at radius 2 is 0.593 bits per heavy atom. The number of hydrogen-bond acceptors (Lipinski definition) is 6. The number of ether oxygens (including phenoxy) is 2. The number of nitrogens with zero attached hydrogens (tertiary/aromatic N) is 4. The van der Waals surface area contributed by atoms with E-state index in [1.807, 2.05) is 24.3 Å². The lowest BCUT2D eigenvalue weighted by Gasteiger charge is -2.26. The Morgan fingerprint density at radius 3 is 0.967 bits per heavy atom. The molecule has 0 amide bonds. The van der Waals surface area contributed by atoms with Crippen molar-refractivity contribution in [2.75, 3.05) is 6.79 Å². The lowest BCUT2D eigenvalue weighted by atomic mass is 9.78. The Hall–Kier alpha value is -10.3. The van der Waals surface area contributed by atoms with E-state index in [1.165, 1.54) is 22.3 Å². The second-order valence-corrected chi connectivity index (χ2v) is 28.8. The van der Waals surface area contributed by atoms with Gasteiger partial charge in [0.15, 0.2) is 0 Å². The predicted molar refractivity (Wildman–Crippen MR) is 379 cm³/mol. The Labute approximate surface area is 531 Å². The molecule has 0 fully saturated rings. The van der Waals surface area contributed by atoms with Crippen LogP contribution in [-0.2, 0) is 21.7 Å². The lowest BCUT2D eigenvalue weighted by Crippen LogP contribution is -2.16. The van der Waals surface area contributed by atoms with Gasteiger partial charge in [0.2, 0.25) is 6.79 Å². The van der Waals surface area contributed by atoms with Crippen molar-refractivity contribution in [1.82, 2.24) is 39.9 Å². The number of benzene rings is 4.